The number of carbonyl (C=O) groups excluding carboxylic acids is 1. The Labute approximate surface area is 135 Å². The minimum atomic E-state index is -0.434. The number of rotatable bonds is 5. The van der Waals surface area contributed by atoms with Crippen LogP contribution in [0.4, 0.5) is 0 Å². The van der Waals surface area contributed by atoms with E-state index in [1.54, 1.807) is 0 Å². The number of aliphatic hydroxyl groups is 1. The lowest BCUT2D eigenvalue weighted by molar-refractivity contribution is -0.106. The van der Waals surface area contributed by atoms with E-state index < -0.39 is 6.10 Å². The molecule has 0 saturated heterocycles. The molecule has 1 saturated carbocycles. The van der Waals surface area contributed by atoms with Crippen molar-refractivity contribution in [3.05, 3.63) is 35.5 Å². The van der Waals surface area contributed by atoms with Crippen LogP contribution >= 0.6 is 0 Å². The molecule has 2 rings (SSSR count). The molecule has 0 spiro atoms. The number of fused-ring (bicyclic) bond motifs is 2. The number of allylic oxidation sites excluding steroid dienone is 3. The van der Waals surface area contributed by atoms with Gasteiger partial charge in [-0.2, -0.15) is 0 Å². The van der Waals surface area contributed by atoms with Crippen molar-refractivity contribution in [3.63, 3.8) is 0 Å². The molecule has 1 N–H and O–H groups in total. The predicted molar refractivity (Wildman–Crippen MR) is 91.4 cm³/mol. The van der Waals surface area contributed by atoms with E-state index >= 15 is 0 Å². The van der Waals surface area contributed by atoms with Crippen LogP contribution in [0.3, 0.4) is 0 Å². The summed E-state index contributed by atoms with van der Waals surface area (Å²) in [5.74, 6) is 1.02. The molecule has 2 nitrogen and oxygen atoms in total. The van der Waals surface area contributed by atoms with E-state index in [1.165, 1.54) is 5.57 Å². The highest BCUT2D eigenvalue weighted by atomic mass is 16.3. The van der Waals surface area contributed by atoms with E-state index in [-0.39, 0.29) is 11.8 Å². The zero-order chi connectivity index (χ0) is 16.3. The molecule has 1 fully saturated rings. The molecule has 2 bridgehead atoms. The lowest BCUT2D eigenvalue weighted by Crippen LogP contribution is -2.39. The summed E-state index contributed by atoms with van der Waals surface area (Å²) >= 11 is 0. The van der Waals surface area contributed by atoms with Crippen molar-refractivity contribution in [1.29, 1.82) is 0 Å². The van der Waals surface area contributed by atoms with Crippen LogP contribution in [0.25, 0.3) is 0 Å². The van der Waals surface area contributed by atoms with Crippen molar-refractivity contribution in [1.82, 2.24) is 0 Å². The number of aliphatic hydroxyl groups excluding tert-OH is 1. The van der Waals surface area contributed by atoms with Crippen LogP contribution in [0.15, 0.2) is 35.5 Å². The molecule has 2 aliphatic carbocycles. The lowest BCUT2D eigenvalue weighted by Gasteiger charge is -2.38. The topological polar surface area (TPSA) is 37.3 Å². The van der Waals surface area contributed by atoms with Crippen molar-refractivity contribution in [2.24, 2.45) is 23.7 Å². The molecule has 0 aromatic heterocycles. The Hall–Kier alpha value is -1.15. The SMILES string of the molecule is C=C1CC[C@H]([C@@H](C)CCC=C(C)C)C2C(C=O)=CCC1C2O. The third kappa shape index (κ3) is 3.60. The Morgan fingerprint density at radius 3 is 2.86 bits per heavy atom. The lowest BCUT2D eigenvalue weighted by atomic mass is 9.69. The minimum absolute atomic E-state index is 0.00259. The van der Waals surface area contributed by atoms with Gasteiger partial charge in [0.2, 0.25) is 0 Å². The van der Waals surface area contributed by atoms with E-state index in [9.17, 15) is 9.90 Å². The van der Waals surface area contributed by atoms with Gasteiger partial charge in [0, 0.05) is 11.8 Å². The second-order valence-electron chi connectivity index (χ2n) is 7.38. The molecule has 22 heavy (non-hydrogen) atoms. The fourth-order valence-corrected chi connectivity index (χ4v) is 4.23. The first-order chi connectivity index (χ1) is 10.5. The zero-order valence-corrected chi connectivity index (χ0v) is 14.2. The molecule has 2 heteroatoms. The number of aldehydes is 1. The van der Waals surface area contributed by atoms with E-state index in [0.717, 1.165) is 49.5 Å². The van der Waals surface area contributed by atoms with Gasteiger partial charge in [-0.25, -0.2) is 0 Å². The number of hydrogen-bond acceptors (Lipinski definition) is 2. The first-order valence-electron chi connectivity index (χ1n) is 8.60. The molecule has 0 aromatic carbocycles. The second kappa shape index (κ2) is 7.41. The van der Waals surface area contributed by atoms with Crippen molar-refractivity contribution in [3.8, 4) is 0 Å². The molecular weight excluding hydrogens is 272 g/mol. The summed E-state index contributed by atoms with van der Waals surface area (Å²) in [6, 6.07) is 0. The Morgan fingerprint density at radius 2 is 2.23 bits per heavy atom. The number of carbonyl (C=O) groups is 1. The van der Waals surface area contributed by atoms with Gasteiger partial charge in [-0.15, -0.1) is 0 Å². The Balaban J connectivity index is 2.19. The zero-order valence-electron chi connectivity index (χ0n) is 14.2. The van der Waals surface area contributed by atoms with Crippen molar-refractivity contribution >= 4 is 6.29 Å². The van der Waals surface area contributed by atoms with E-state index in [2.05, 4.69) is 33.4 Å². The molecular formula is C20H30O2. The summed E-state index contributed by atoms with van der Waals surface area (Å²) < 4.78 is 0. The third-order valence-corrected chi connectivity index (χ3v) is 5.60. The van der Waals surface area contributed by atoms with Crippen LogP contribution in [0.2, 0.25) is 0 Å². The van der Waals surface area contributed by atoms with Gasteiger partial charge < -0.3 is 5.11 Å². The van der Waals surface area contributed by atoms with Crippen LogP contribution in [-0.2, 0) is 4.79 Å². The fraction of sp³-hybridized carbons (Fsp3) is 0.650. The van der Waals surface area contributed by atoms with Crippen molar-refractivity contribution in [2.45, 2.75) is 59.0 Å². The Bertz CT molecular complexity index is 482. The highest BCUT2D eigenvalue weighted by Gasteiger charge is 2.43. The fourth-order valence-electron chi connectivity index (χ4n) is 4.23. The van der Waals surface area contributed by atoms with Crippen molar-refractivity contribution in [2.75, 3.05) is 0 Å². The standard InChI is InChI=1S/C20H30O2/c1-13(2)6-5-7-14(3)17-10-8-15(4)18-11-9-16(12-21)19(17)20(18)22/h6,9,12,14,17-20,22H,4-5,7-8,10-11H2,1-3H3/t14-,17+,18?,19?,20?/m0/s1. The molecule has 5 atom stereocenters. The summed E-state index contributed by atoms with van der Waals surface area (Å²) in [7, 11) is 0. The largest absolute Gasteiger partial charge is 0.392 e. The molecule has 2 aliphatic rings. The first kappa shape index (κ1) is 17.2. The highest BCUT2D eigenvalue weighted by Crippen LogP contribution is 2.46. The van der Waals surface area contributed by atoms with Gasteiger partial charge in [0.25, 0.3) is 0 Å². The van der Waals surface area contributed by atoms with Crippen molar-refractivity contribution < 1.29 is 9.90 Å². The van der Waals surface area contributed by atoms with Gasteiger partial charge in [0.15, 0.2) is 0 Å². The average molecular weight is 302 g/mol. The highest BCUT2D eigenvalue weighted by molar-refractivity contribution is 5.74. The van der Waals surface area contributed by atoms with Gasteiger partial charge in [-0.3, -0.25) is 4.79 Å². The van der Waals surface area contributed by atoms with Crippen LogP contribution in [0, 0.1) is 23.7 Å². The molecule has 0 amide bonds. The predicted octanol–water partition coefficient (Wildman–Crippen LogP) is 4.46. The Morgan fingerprint density at radius 1 is 1.50 bits per heavy atom. The molecule has 0 aliphatic heterocycles. The normalized spacial score (nSPS) is 32.7. The van der Waals surface area contributed by atoms with Crippen LogP contribution in [-0.4, -0.2) is 17.5 Å². The first-order valence-corrected chi connectivity index (χ1v) is 8.60. The summed E-state index contributed by atoms with van der Waals surface area (Å²) in [6.07, 6.45) is 9.83. The minimum Gasteiger partial charge on any atom is -0.392 e. The maximum Gasteiger partial charge on any atom is 0.146 e. The number of hydrogen-bond donors (Lipinski definition) is 1. The third-order valence-electron chi connectivity index (χ3n) is 5.60. The van der Waals surface area contributed by atoms with Gasteiger partial charge in [0.1, 0.15) is 6.29 Å². The monoisotopic (exact) mass is 302 g/mol. The average Bonchev–Trinajstić information content (AvgIpc) is 2.54. The van der Waals surface area contributed by atoms with Crippen LogP contribution in [0.1, 0.15) is 52.9 Å². The quantitative estimate of drug-likeness (QED) is 0.601. The summed E-state index contributed by atoms with van der Waals surface area (Å²) in [4.78, 5) is 11.5. The smallest absolute Gasteiger partial charge is 0.146 e. The van der Waals surface area contributed by atoms with E-state index in [0.29, 0.717) is 11.8 Å². The van der Waals surface area contributed by atoms with Gasteiger partial charge >= 0.3 is 0 Å². The van der Waals surface area contributed by atoms with Gasteiger partial charge in [-0.05, 0) is 63.4 Å². The summed E-state index contributed by atoms with van der Waals surface area (Å²) in [6.45, 7) is 10.7. The maximum atomic E-state index is 11.5. The van der Waals surface area contributed by atoms with Gasteiger partial charge in [0.05, 0.1) is 6.10 Å². The molecule has 3 unspecified atom stereocenters. The molecule has 0 radical (unpaired) electrons. The Kier molecular flexibility index (Phi) is 5.80. The second-order valence-corrected chi connectivity index (χ2v) is 7.38. The van der Waals surface area contributed by atoms with Crippen LogP contribution in [0.5, 0.6) is 0 Å². The molecule has 0 heterocycles. The van der Waals surface area contributed by atoms with E-state index in [1.807, 2.05) is 6.08 Å². The van der Waals surface area contributed by atoms with E-state index in [4.69, 9.17) is 0 Å². The van der Waals surface area contributed by atoms with Gasteiger partial charge in [-0.1, -0.05) is 36.8 Å². The summed E-state index contributed by atoms with van der Waals surface area (Å²) in [5, 5.41) is 10.8. The molecule has 0 aromatic rings. The maximum absolute atomic E-state index is 11.5. The van der Waals surface area contributed by atoms with Crippen LogP contribution < -0.4 is 0 Å². The molecule has 122 valence electrons. The summed E-state index contributed by atoms with van der Waals surface area (Å²) in [5.41, 5.74) is 3.34.